The molecule has 1 aliphatic rings. The van der Waals surface area contributed by atoms with E-state index < -0.39 is 20.0 Å². The van der Waals surface area contributed by atoms with Crippen LogP contribution in [0.15, 0.2) is 59.6 Å². The van der Waals surface area contributed by atoms with E-state index in [4.69, 9.17) is 0 Å². The lowest BCUT2D eigenvalue weighted by atomic mass is 10.2. The highest BCUT2D eigenvalue weighted by molar-refractivity contribution is 7.90. The van der Waals surface area contributed by atoms with Crippen LogP contribution in [0.4, 0.5) is 23.1 Å². The van der Waals surface area contributed by atoms with Crippen molar-refractivity contribution in [1.82, 2.24) is 19.4 Å². The first-order valence-electron chi connectivity index (χ1n) is 10.6. The molecule has 34 heavy (non-hydrogen) atoms. The molecule has 4 rings (SSSR count). The van der Waals surface area contributed by atoms with E-state index in [1.54, 1.807) is 18.3 Å². The molecule has 10 nitrogen and oxygen atoms in total. The highest BCUT2D eigenvalue weighted by atomic mass is 32.2. The largest absolute Gasteiger partial charge is 0.340 e. The van der Waals surface area contributed by atoms with E-state index >= 15 is 0 Å². The summed E-state index contributed by atoms with van der Waals surface area (Å²) in [6.07, 6.45) is 3.12. The normalized spacial score (nSPS) is 14.1. The number of benzene rings is 2. The molecule has 0 saturated heterocycles. The minimum Gasteiger partial charge on any atom is -0.340 e. The third kappa shape index (κ3) is 5.89. The van der Waals surface area contributed by atoms with Crippen LogP contribution in [0.2, 0.25) is 0 Å². The number of aryl methyl sites for hydroxylation is 1. The molecule has 1 saturated carbocycles. The Bertz CT molecular complexity index is 1390. The van der Waals surface area contributed by atoms with Gasteiger partial charge in [-0.15, -0.1) is 0 Å². The molecule has 2 aromatic carbocycles. The topological polar surface area (TPSA) is 142 Å². The van der Waals surface area contributed by atoms with Gasteiger partial charge in [0.1, 0.15) is 5.82 Å². The average Bonchev–Trinajstić information content (AvgIpc) is 3.67. The van der Waals surface area contributed by atoms with Gasteiger partial charge >= 0.3 is 0 Å². The molecule has 0 radical (unpaired) electrons. The number of hydrogen-bond donors (Lipinski definition) is 4. The minimum absolute atomic E-state index is 0.159. The van der Waals surface area contributed by atoms with Crippen LogP contribution < -0.4 is 20.1 Å². The van der Waals surface area contributed by atoms with Crippen molar-refractivity contribution in [2.45, 2.75) is 36.5 Å². The Hall–Kier alpha value is -3.06. The molecule has 1 heterocycles. The summed E-state index contributed by atoms with van der Waals surface area (Å²) < 4.78 is 52.8. The molecule has 180 valence electrons. The summed E-state index contributed by atoms with van der Waals surface area (Å²) in [5.74, 6) is 0.924. The maximum Gasteiger partial charge on any atom is 0.240 e. The van der Waals surface area contributed by atoms with Gasteiger partial charge in [-0.05, 0) is 68.8 Å². The van der Waals surface area contributed by atoms with Crippen molar-refractivity contribution < 1.29 is 16.8 Å². The van der Waals surface area contributed by atoms with Gasteiger partial charge in [0.25, 0.3) is 0 Å². The summed E-state index contributed by atoms with van der Waals surface area (Å²) in [6, 6.07) is 13.7. The smallest absolute Gasteiger partial charge is 0.240 e. The SMILES string of the molecule is CNS(=O)(=O)c1ccc(Nc2ncc(C)c(Nc3cccc(CNS(=O)(=O)C4CC4)c3)n2)cc1. The lowest BCUT2D eigenvalue weighted by Crippen LogP contribution is -2.26. The fourth-order valence-electron chi connectivity index (χ4n) is 3.17. The Morgan fingerprint density at radius 1 is 0.971 bits per heavy atom. The molecular weight excluding hydrogens is 476 g/mol. The zero-order chi connectivity index (χ0) is 24.3. The predicted molar refractivity (Wildman–Crippen MR) is 131 cm³/mol. The molecule has 0 amide bonds. The van der Waals surface area contributed by atoms with Gasteiger partial charge < -0.3 is 10.6 Å². The van der Waals surface area contributed by atoms with Crippen molar-refractivity contribution in [3.63, 3.8) is 0 Å². The van der Waals surface area contributed by atoms with Crippen molar-refractivity contribution in [1.29, 1.82) is 0 Å². The monoisotopic (exact) mass is 502 g/mol. The summed E-state index contributed by atoms with van der Waals surface area (Å²) in [6.45, 7) is 2.10. The maximum atomic E-state index is 12.1. The molecular formula is C22H26N6O4S2. The molecule has 0 spiro atoms. The van der Waals surface area contributed by atoms with Crippen molar-refractivity contribution in [2.24, 2.45) is 0 Å². The van der Waals surface area contributed by atoms with E-state index in [0.29, 0.717) is 17.5 Å². The molecule has 1 aromatic heterocycles. The van der Waals surface area contributed by atoms with E-state index in [2.05, 4.69) is 30.0 Å². The van der Waals surface area contributed by atoms with Crippen LogP contribution in [-0.4, -0.2) is 39.1 Å². The first-order valence-corrected chi connectivity index (χ1v) is 13.7. The molecule has 1 aliphatic carbocycles. The zero-order valence-corrected chi connectivity index (χ0v) is 20.4. The highest BCUT2D eigenvalue weighted by Crippen LogP contribution is 2.28. The quantitative estimate of drug-likeness (QED) is 0.332. The summed E-state index contributed by atoms with van der Waals surface area (Å²) in [4.78, 5) is 8.97. The fourth-order valence-corrected chi connectivity index (χ4v) is 5.26. The molecule has 4 N–H and O–H groups in total. The molecule has 1 fully saturated rings. The van der Waals surface area contributed by atoms with Gasteiger partial charge in [-0.1, -0.05) is 12.1 Å². The molecule has 3 aromatic rings. The van der Waals surface area contributed by atoms with Gasteiger partial charge in [-0.3, -0.25) is 0 Å². The summed E-state index contributed by atoms with van der Waals surface area (Å²) in [5.41, 5.74) is 3.05. The summed E-state index contributed by atoms with van der Waals surface area (Å²) in [7, 11) is -5.40. The third-order valence-corrected chi connectivity index (χ3v) is 8.62. The van der Waals surface area contributed by atoms with E-state index in [0.717, 1.165) is 29.7 Å². The molecule has 0 bridgehead atoms. The number of aromatic nitrogens is 2. The summed E-state index contributed by atoms with van der Waals surface area (Å²) >= 11 is 0. The van der Waals surface area contributed by atoms with Crippen LogP contribution in [0.5, 0.6) is 0 Å². The van der Waals surface area contributed by atoms with Gasteiger partial charge in [0.2, 0.25) is 26.0 Å². The molecule has 0 unspecified atom stereocenters. The number of nitrogens with zero attached hydrogens (tertiary/aromatic N) is 2. The Kier molecular flexibility index (Phi) is 6.84. The summed E-state index contributed by atoms with van der Waals surface area (Å²) in [5, 5.41) is 6.06. The van der Waals surface area contributed by atoms with Crippen molar-refractivity contribution in [3.05, 3.63) is 65.9 Å². The second-order valence-corrected chi connectivity index (χ2v) is 11.9. The number of anilines is 4. The molecule has 12 heteroatoms. The van der Waals surface area contributed by atoms with E-state index in [1.807, 2.05) is 31.2 Å². The minimum atomic E-state index is -3.51. The lowest BCUT2D eigenvalue weighted by Gasteiger charge is -2.12. The standard InChI is InChI=1S/C22H26N6O4S2/c1-15-13-24-22(27-17-6-8-19(9-7-17)33(29,30)23-2)28-21(15)26-18-5-3-4-16(12-18)14-25-34(31,32)20-10-11-20/h3-9,12-13,20,23,25H,10-11,14H2,1-2H3,(H2,24,26,27,28). The highest BCUT2D eigenvalue weighted by Gasteiger charge is 2.35. The number of sulfonamides is 2. The number of hydrogen-bond acceptors (Lipinski definition) is 8. The van der Waals surface area contributed by atoms with Gasteiger partial charge in [0.15, 0.2) is 0 Å². The zero-order valence-electron chi connectivity index (χ0n) is 18.7. The number of nitrogens with one attached hydrogen (secondary N) is 4. The van der Waals surface area contributed by atoms with Gasteiger partial charge in [-0.25, -0.2) is 31.3 Å². The second-order valence-electron chi connectivity index (χ2n) is 7.97. The van der Waals surface area contributed by atoms with E-state index in [1.165, 1.54) is 19.2 Å². The van der Waals surface area contributed by atoms with Gasteiger partial charge in [0, 0.05) is 29.7 Å². The predicted octanol–water partition coefficient (Wildman–Crippen LogP) is 2.76. The Morgan fingerprint density at radius 3 is 2.38 bits per heavy atom. The van der Waals surface area contributed by atoms with Crippen LogP contribution in [0.1, 0.15) is 24.0 Å². The Balaban J connectivity index is 1.45. The molecule has 0 aliphatic heterocycles. The van der Waals surface area contributed by atoms with Crippen molar-refractivity contribution in [3.8, 4) is 0 Å². The van der Waals surface area contributed by atoms with Crippen LogP contribution in [-0.2, 0) is 26.6 Å². The number of rotatable bonds is 10. The molecule has 0 atom stereocenters. The fraction of sp³-hybridized carbons (Fsp3) is 0.273. The van der Waals surface area contributed by atoms with Gasteiger partial charge in [0.05, 0.1) is 10.1 Å². The average molecular weight is 503 g/mol. The van der Waals surface area contributed by atoms with E-state index in [9.17, 15) is 16.8 Å². The van der Waals surface area contributed by atoms with Gasteiger partial charge in [-0.2, -0.15) is 4.98 Å². The van der Waals surface area contributed by atoms with Crippen LogP contribution in [0, 0.1) is 6.92 Å². The second kappa shape index (κ2) is 9.66. The van der Waals surface area contributed by atoms with Crippen LogP contribution in [0.25, 0.3) is 0 Å². The first-order chi connectivity index (χ1) is 16.2. The van der Waals surface area contributed by atoms with E-state index in [-0.39, 0.29) is 16.7 Å². The van der Waals surface area contributed by atoms with Crippen molar-refractivity contribution >= 4 is 43.2 Å². The third-order valence-electron chi connectivity index (χ3n) is 5.29. The Morgan fingerprint density at radius 2 is 1.71 bits per heavy atom. The Labute approximate surface area is 199 Å². The van der Waals surface area contributed by atoms with Crippen LogP contribution >= 0.6 is 0 Å². The lowest BCUT2D eigenvalue weighted by molar-refractivity contribution is 0.579. The maximum absolute atomic E-state index is 12.1. The van der Waals surface area contributed by atoms with Crippen molar-refractivity contribution in [2.75, 3.05) is 17.7 Å². The van der Waals surface area contributed by atoms with Crippen LogP contribution in [0.3, 0.4) is 0 Å². The first kappa shape index (κ1) is 24.1.